The van der Waals surface area contributed by atoms with E-state index in [0.717, 1.165) is 6.54 Å². The Morgan fingerprint density at radius 3 is 2.80 bits per heavy atom. The van der Waals surface area contributed by atoms with E-state index in [1.165, 1.54) is 0 Å². The van der Waals surface area contributed by atoms with E-state index in [4.69, 9.17) is 4.74 Å². The molecule has 1 rings (SSSR count). The third-order valence-electron chi connectivity index (χ3n) is 1.77. The summed E-state index contributed by atoms with van der Waals surface area (Å²) in [5, 5.41) is 3.01. The van der Waals surface area contributed by atoms with Crippen molar-refractivity contribution in [3.63, 3.8) is 0 Å². The smallest absolute Gasteiger partial charge is 0.323 e. The van der Waals surface area contributed by atoms with Gasteiger partial charge >= 0.3 is 5.97 Å². The lowest BCUT2D eigenvalue weighted by Gasteiger charge is -2.32. The molecule has 1 aliphatic heterocycles. The molecule has 1 heterocycles. The van der Waals surface area contributed by atoms with Crippen molar-refractivity contribution in [2.24, 2.45) is 5.92 Å². The van der Waals surface area contributed by atoms with Crippen LogP contribution in [0, 0.1) is 5.92 Å². The summed E-state index contributed by atoms with van der Waals surface area (Å²) in [5.74, 6) is 0.334. The Morgan fingerprint density at radius 1 is 1.80 bits per heavy atom. The van der Waals surface area contributed by atoms with Gasteiger partial charge in [-0.1, -0.05) is 6.92 Å². The van der Waals surface area contributed by atoms with Crippen molar-refractivity contribution in [1.82, 2.24) is 5.32 Å². The Hall–Kier alpha value is -0.570. The van der Waals surface area contributed by atoms with Gasteiger partial charge in [0.2, 0.25) is 0 Å². The van der Waals surface area contributed by atoms with Gasteiger partial charge in [-0.25, -0.2) is 0 Å². The molecule has 1 fully saturated rings. The molecule has 1 unspecified atom stereocenters. The summed E-state index contributed by atoms with van der Waals surface area (Å²) in [6.07, 6.45) is 0. The lowest BCUT2D eigenvalue weighted by molar-refractivity contribution is -0.149. The molecular formula is C7H13NO2. The van der Waals surface area contributed by atoms with Crippen molar-refractivity contribution in [3.8, 4) is 0 Å². The van der Waals surface area contributed by atoms with Gasteiger partial charge in [-0.05, 0) is 12.8 Å². The largest absolute Gasteiger partial charge is 0.465 e. The SMILES string of the molecule is CCOC(=O)[C@H]1NCC1C. The summed E-state index contributed by atoms with van der Waals surface area (Å²) in [4.78, 5) is 11.0. The van der Waals surface area contributed by atoms with Gasteiger partial charge in [-0.15, -0.1) is 0 Å². The predicted octanol–water partition coefficient (Wildman–Crippen LogP) is 0.157. The maximum atomic E-state index is 11.0. The van der Waals surface area contributed by atoms with Crippen molar-refractivity contribution in [2.75, 3.05) is 13.2 Å². The normalized spacial score (nSPS) is 31.0. The van der Waals surface area contributed by atoms with E-state index < -0.39 is 0 Å². The van der Waals surface area contributed by atoms with E-state index in [2.05, 4.69) is 5.32 Å². The second kappa shape index (κ2) is 3.01. The van der Waals surface area contributed by atoms with Crippen molar-refractivity contribution in [3.05, 3.63) is 0 Å². The van der Waals surface area contributed by atoms with Gasteiger partial charge < -0.3 is 10.1 Å². The highest BCUT2D eigenvalue weighted by Gasteiger charge is 2.33. The first-order chi connectivity index (χ1) is 4.75. The first-order valence-corrected chi connectivity index (χ1v) is 3.65. The van der Waals surface area contributed by atoms with Gasteiger partial charge in [0.05, 0.1) is 6.61 Å². The molecule has 0 spiro atoms. The van der Waals surface area contributed by atoms with Crippen LogP contribution in [0.15, 0.2) is 0 Å². The van der Waals surface area contributed by atoms with E-state index in [-0.39, 0.29) is 12.0 Å². The van der Waals surface area contributed by atoms with Crippen molar-refractivity contribution in [1.29, 1.82) is 0 Å². The number of esters is 1. The van der Waals surface area contributed by atoms with Crippen LogP contribution in [0.25, 0.3) is 0 Å². The fourth-order valence-electron chi connectivity index (χ4n) is 1.02. The molecule has 0 aromatic carbocycles. The minimum Gasteiger partial charge on any atom is -0.465 e. The summed E-state index contributed by atoms with van der Waals surface area (Å²) in [5.41, 5.74) is 0. The molecule has 1 aliphatic rings. The number of ether oxygens (including phenoxy) is 1. The minimum atomic E-state index is -0.110. The summed E-state index contributed by atoms with van der Waals surface area (Å²) < 4.78 is 4.81. The molecule has 10 heavy (non-hydrogen) atoms. The number of carbonyl (C=O) groups excluding carboxylic acids is 1. The molecule has 1 N–H and O–H groups in total. The molecule has 1 saturated heterocycles. The lowest BCUT2D eigenvalue weighted by Crippen LogP contribution is -2.56. The van der Waals surface area contributed by atoms with E-state index in [9.17, 15) is 4.79 Å². The maximum absolute atomic E-state index is 11.0. The Labute approximate surface area is 60.7 Å². The topological polar surface area (TPSA) is 38.3 Å². The van der Waals surface area contributed by atoms with Crippen molar-refractivity contribution >= 4 is 5.97 Å². The van der Waals surface area contributed by atoms with Gasteiger partial charge in [0.25, 0.3) is 0 Å². The molecule has 0 aromatic heterocycles. The monoisotopic (exact) mass is 143 g/mol. The fourth-order valence-corrected chi connectivity index (χ4v) is 1.02. The molecule has 0 bridgehead atoms. The van der Waals surface area contributed by atoms with Crippen LogP contribution in [0.3, 0.4) is 0 Å². The lowest BCUT2D eigenvalue weighted by atomic mass is 9.94. The minimum absolute atomic E-state index is 0.0417. The fraction of sp³-hybridized carbons (Fsp3) is 0.857. The molecule has 0 saturated carbocycles. The van der Waals surface area contributed by atoms with Crippen molar-refractivity contribution in [2.45, 2.75) is 19.9 Å². The van der Waals surface area contributed by atoms with Crippen LogP contribution in [0.5, 0.6) is 0 Å². The van der Waals surface area contributed by atoms with Crippen LogP contribution < -0.4 is 5.32 Å². The van der Waals surface area contributed by atoms with Crippen LogP contribution >= 0.6 is 0 Å². The molecule has 3 nitrogen and oxygen atoms in total. The molecule has 0 radical (unpaired) electrons. The number of nitrogens with one attached hydrogen (secondary N) is 1. The Kier molecular flexibility index (Phi) is 2.27. The molecule has 0 aliphatic carbocycles. The maximum Gasteiger partial charge on any atom is 0.323 e. The summed E-state index contributed by atoms with van der Waals surface area (Å²) in [7, 11) is 0. The quantitative estimate of drug-likeness (QED) is 0.559. The zero-order valence-corrected chi connectivity index (χ0v) is 6.39. The van der Waals surface area contributed by atoms with Crippen LogP contribution in [0.1, 0.15) is 13.8 Å². The van der Waals surface area contributed by atoms with Crippen LogP contribution in [-0.4, -0.2) is 25.2 Å². The van der Waals surface area contributed by atoms with E-state index in [0.29, 0.717) is 12.5 Å². The van der Waals surface area contributed by atoms with Crippen molar-refractivity contribution < 1.29 is 9.53 Å². The third-order valence-corrected chi connectivity index (χ3v) is 1.77. The summed E-state index contributed by atoms with van der Waals surface area (Å²) in [6.45, 7) is 5.27. The highest BCUT2D eigenvalue weighted by molar-refractivity contribution is 5.77. The average molecular weight is 143 g/mol. The van der Waals surface area contributed by atoms with Crippen LogP contribution in [0.2, 0.25) is 0 Å². The molecule has 0 amide bonds. The Morgan fingerprint density at radius 2 is 2.50 bits per heavy atom. The van der Waals surface area contributed by atoms with Gasteiger partial charge in [0.1, 0.15) is 6.04 Å². The van der Waals surface area contributed by atoms with Gasteiger partial charge in [-0.3, -0.25) is 4.79 Å². The number of hydrogen-bond acceptors (Lipinski definition) is 3. The summed E-state index contributed by atoms with van der Waals surface area (Å²) in [6, 6.07) is -0.0417. The van der Waals surface area contributed by atoms with E-state index in [1.54, 1.807) is 0 Å². The standard InChI is InChI=1S/C7H13NO2/c1-3-10-7(9)6-5(2)4-8-6/h5-6,8H,3-4H2,1-2H3/t5?,6-/m0/s1. The molecule has 3 heteroatoms. The molecular weight excluding hydrogens is 130 g/mol. The number of hydrogen-bond donors (Lipinski definition) is 1. The van der Waals surface area contributed by atoms with Crippen LogP contribution in [0.4, 0.5) is 0 Å². The highest BCUT2D eigenvalue weighted by atomic mass is 16.5. The van der Waals surface area contributed by atoms with E-state index in [1.807, 2.05) is 13.8 Å². The number of carbonyl (C=O) groups is 1. The summed E-state index contributed by atoms with van der Waals surface area (Å²) >= 11 is 0. The average Bonchev–Trinajstić information content (AvgIpc) is 1.85. The first kappa shape index (κ1) is 7.54. The number of rotatable bonds is 2. The van der Waals surface area contributed by atoms with Gasteiger partial charge in [0, 0.05) is 6.54 Å². The molecule has 2 atom stereocenters. The van der Waals surface area contributed by atoms with Crippen LogP contribution in [-0.2, 0) is 9.53 Å². The Bertz CT molecular complexity index is 136. The highest BCUT2D eigenvalue weighted by Crippen LogP contribution is 2.12. The second-order valence-electron chi connectivity index (χ2n) is 2.62. The third kappa shape index (κ3) is 1.29. The second-order valence-corrected chi connectivity index (χ2v) is 2.62. The zero-order chi connectivity index (χ0) is 7.56. The molecule has 58 valence electrons. The molecule has 0 aromatic rings. The first-order valence-electron chi connectivity index (χ1n) is 3.65. The van der Waals surface area contributed by atoms with Gasteiger partial charge in [-0.2, -0.15) is 0 Å². The predicted molar refractivity (Wildman–Crippen MR) is 37.6 cm³/mol. The van der Waals surface area contributed by atoms with E-state index >= 15 is 0 Å². The Balaban J connectivity index is 2.27. The van der Waals surface area contributed by atoms with Gasteiger partial charge in [0.15, 0.2) is 0 Å². The zero-order valence-electron chi connectivity index (χ0n) is 6.39.